The van der Waals surface area contributed by atoms with E-state index in [1.54, 1.807) is 7.11 Å². The summed E-state index contributed by atoms with van der Waals surface area (Å²) in [6.45, 7) is 2.80. The van der Waals surface area contributed by atoms with Crippen LogP contribution in [0, 0.1) is 12.8 Å². The van der Waals surface area contributed by atoms with Gasteiger partial charge in [0, 0.05) is 18.6 Å². The van der Waals surface area contributed by atoms with Gasteiger partial charge in [-0.25, -0.2) is 0 Å². The van der Waals surface area contributed by atoms with Crippen molar-refractivity contribution < 1.29 is 14.3 Å². The topological polar surface area (TPSA) is 66.2 Å². The highest BCUT2D eigenvalue weighted by atomic mass is 16.5. The first-order valence-electron chi connectivity index (χ1n) is 7.89. The molecule has 1 aromatic carbocycles. The molecule has 6 nitrogen and oxygen atoms in total. The van der Waals surface area contributed by atoms with Gasteiger partial charge in [0.05, 0.1) is 6.61 Å². The van der Waals surface area contributed by atoms with Gasteiger partial charge in [0.15, 0.2) is 5.82 Å². The monoisotopic (exact) mass is 315 g/mol. The van der Waals surface area contributed by atoms with Crippen molar-refractivity contribution in [3.8, 4) is 17.4 Å². The zero-order chi connectivity index (χ0) is 16.2. The molecule has 122 valence electrons. The van der Waals surface area contributed by atoms with Crippen LogP contribution in [-0.4, -0.2) is 41.0 Å². The number of hydrogen-bond acceptors (Lipinski definition) is 5. The molecule has 1 aliphatic rings. The van der Waals surface area contributed by atoms with E-state index in [0.717, 1.165) is 30.4 Å². The van der Waals surface area contributed by atoms with E-state index in [-0.39, 0.29) is 17.8 Å². The molecule has 0 N–H and O–H groups in total. The average Bonchev–Trinajstić information content (AvgIpc) is 2.90. The zero-order valence-corrected chi connectivity index (χ0v) is 13.5. The molecular weight excluding hydrogens is 294 g/mol. The summed E-state index contributed by atoms with van der Waals surface area (Å²) in [4.78, 5) is 17.1. The highest BCUT2D eigenvalue weighted by Gasteiger charge is 2.30. The van der Waals surface area contributed by atoms with E-state index in [1.165, 1.54) is 4.68 Å². The van der Waals surface area contributed by atoms with E-state index in [1.807, 2.05) is 31.2 Å². The van der Waals surface area contributed by atoms with Crippen molar-refractivity contribution in [1.82, 2.24) is 14.8 Å². The molecule has 1 aliphatic carbocycles. The predicted octanol–water partition coefficient (Wildman–Crippen LogP) is 2.72. The molecule has 0 saturated heterocycles. The predicted molar refractivity (Wildman–Crippen MR) is 85.5 cm³/mol. The van der Waals surface area contributed by atoms with Crippen LogP contribution in [0.25, 0.3) is 11.4 Å². The number of methoxy groups -OCH3 is 1. The van der Waals surface area contributed by atoms with Gasteiger partial charge in [0.2, 0.25) is 0 Å². The van der Waals surface area contributed by atoms with Crippen molar-refractivity contribution in [1.29, 1.82) is 0 Å². The SMILES string of the molecule is COCCOc1nc(-c2ccccc2C)n(C(=O)C2CCC2)n1. The number of nitrogens with zero attached hydrogens (tertiary/aromatic N) is 3. The molecule has 6 heteroatoms. The van der Waals surface area contributed by atoms with E-state index in [2.05, 4.69) is 10.1 Å². The van der Waals surface area contributed by atoms with Crippen LogP contribution in [0.5, 0.6) is 6.01 Å². The van der Waals surface area contributed by atoms with Crippen LogP contribution in [-0.2, 0) is 4.74 Å². The largest absolute Gasteiger partial charge is 0.460 e. The van der Waals surface area contributed by atoms with E-state index in [0.29, 0.717) is 19.0 Å². The molecule has 23 heavy (non-hydrogen) atoms. The van der Waals surface area contributed by atoms with Crippen molar-refractivity contribution in [2.45, 2.75) is 26.2 Å². The van der Waals surface area contributed by atoms with Gasteiger partial charge in [0.25, 0.3) is 5.91 Å². The van der Waals surface area contributed by atoms with Gasteiger partial charge in [-0.1, -0.05) is 30.7 Å². The normalized spacial score (nSPS) is 14.5. The lowest BCUT2D eigenvalue weighted by atomic mass is 9.85. The summed E-state index contributed by atoms with van der Waals surface area (Å²) in [5.74, 6) is 0.599. The Kier molecular flexibility index (Phi) is 4.71. The Hall–Kier alpha value is -2.21. The smallest absolute Gasteiger partial charge is 0.336 e. The second-order valence-corrected chi connectivity index (χ2v) is 5.75. The molecular formula is C17H21N3O3. The van der Waals surface area contributed by atoms with Gasteiger partial charge in [-0.2, -0.15) is 9.67 Å². The van der Waals surface area contributed by atoms with Crippen molar-refractivity contribution in [2.24, 2.45) is 5.92 Å². The van der Waals surface area contributed by atoms with Crippen molar-refractivity contribution >= 4 is 5.91 Å². The molecule has 1 saturated carbocycles. The van der Waals surface area contributed by atoms with Gasteiger partial charge in [0.1, 0.15) is 6.61 Å². The molecule has 1 aromatic heterocycles. The maximum absolute atomic E-state index is 12.7. The van der Waals surface area contributed by atoms with Crippen molar-refractivity contribution in [3.05, 3.63) is 29.8 Å². The summed E-state index contributed by atoms with van der Waals surface area (Å²) in [5, 5.41) is 4.28. The Labute approximate surface area is 135 Å². The Morgan fingerprint density at radius 2 is 2.09 bits per heavy atom. The second-order valence-electron chi connectivity index (χ2n) is 5.75. The second kappa shape index (κ2) is 6.91. The fourth-order valence-corrected chi connectivity index (χ4v) is 2.55. The minimum Gasteiger partial charge on any atom is -0.460 e. The lowest BCUT2D eigenvalue weighted by molar-refractivity contribution is 0.0746. The van der Waals surface area contributed by atoms with E-state index < -0.39 is 0 Å². The molecule has 0 amide bonds. The number of ether oxygens (including phenoxy) is 2. The van der Waals surface area contributed by atoms with Crippen molar-refractivity contribution in [3.63, 3.8) is 0 Å². The third-order valence-electron chi connectivity index (χ3n) is 4.16. The van der Waals surface area contributed by atoms with Gasteiger partial charge < -0.3 is 9.47 Å². The number of rotatable bonds is 6. The minimum absolute atomic E-state index is 0.00333. The van der Waals surface area contributed by atoms with Crippen LogP contribution in [0.1, 0.15) is 29.6 Å². The molecule has 0 unspecified atom stereocenters. The summed E-state index contributed by atoms with van der Waals surface area (Å²) in [6, 6.07) is 8.05. The molecule has 0 spiro atoms. The lowest BCUT2D eigenvalue weighted by Gasteiger charge is -2.23. The maximum atomic E-state index is 12.7. The summed E-state index contributed by atoms with van der Waals surface area (Å²) in [7, 11) is 1.61. The number of carbonyl (C=O) groups excluding carboxylic acids is 1. The summed E-state index contributed by atoms with van der Waals surface area (Å²) in [6.07, 6.45) is 2.94. The van der Waals surface area contributed by atoms with E-state index >= 15 is 0 Å². The van der Waals surface area contributed by atoms with Gasteiger partial charge in [-0.05, 0) is 25.3 Å². The number of benzene rings is 1. The fraction of sp³-hybridized carbons (Fsp3) is 0.471. The third kappa shape index (κ3) is 3.27. The molecule has 3 rings (SSSR count). The van der Waals surface area contributed by atoms with Crippen LogP contribution in [0.15, 0.2) is 24.3 Å². The van der Waals surface area contributed by atoms with Crippen LogP contribution in [0.4, 0.5) is 0 Å². The standard InChI is InChI=1S/C17H21N3O3/c1-12-6-3-4-9-14(12)15-18-17(23-11-10-22-2)19-20(15)16(21)13-7-5-8-13/h3-4,6,9,13H,5,7-8,10-11H2,1-2H3. The summed E-state index contributed by atoms with van der Waals surface area (Å²) < 4.78 is 11.9. The lowest BCUT2D eigenvalue weighted by Crippen LogP contribution is -2.28. The molecule has 2 aromatic rings. The number of aromatic nitrogens is 3. The molecule has 1 heterocycles. The van der Waals surface area contributed by atoms with Gasteiger partial charge in [-0.3, -0.25) is 4.79 Å². The minimum atomic E-state index is 0.00333. The average molecular weight is 315 g/mol. The first kappa shape index (κ1) is 15.7. The van der Waals surface area contributed by atoms with Gasteiger partial charge in [-0.15, -0.1) is 5.10 Å². The van der Waals surface area contributed by atoms with Gasteiger partial charge >= 0.3 is 6.01 Å². The van der Waals surface area contributed by atoms with Crippen LogP contribution >= 0.6 is 0 Å². The molecule has 0 aliphatic heterocycles. The van der Waals surface area contributed by atoms with E-state index in [4.69, 9.17) is 9.47 Å². The Morgan fingerprint density at radius 1 is 1.30 bits per heavy atom. The molecule has 0 radical (unpaired) electrons. The highest BCUT2D eigenvalue weighted by Crippen LogP contribution is 2.30. The Morgan fingerprint density at radius 3 is 2.74 bits per heavy atom. The van der Waals surface area contributed by atoms with E-state index in [9.17, 15) is 4.79 Å². The molecule has 1 fully saturated rings. The fourth-order valence-electron chi connectivity index (χ4n) is 2.55. The molecule has 0 atom stereocenters. The summed E-state index contributed by atoms with van der Waals surface area (Å²) in [5.41, 5.74) is 1.94. The number of carbonyl (C=O) groups is 1. The zero-order valence-electron chi connectivity index (χ0n) is 13.5. The number of aryl methyl sites for hydroxylation is 1. The van der Waals surface area contributed by atoms with Crippen LogP contribution in [0.2, 0.25) is 0 Å². The van der Waals surface area contributed by atoms with Crippen LogP contribution in [0.3, 0.4) is 0 Å². The Balaban J connectivity index is 1.94. The van der Waals surface area contributed by atoms with Crippen molar-refractivity contribution in [2.75, 3.05) is 20.3 Å². The first-order valence-corrected chi connectivity index (χ1v) is 7.89. The quantitative estimate of drug-likeness (QED) is 0.767. The maximum Gasteiger partial charge on any atom is 0.336 e. The summed E-state index contributed by atoms with van der Waals surface area (Å²) >= 11 is 0. The molecule has 0 bridgehead atoms. The third-order valence-corrected chi connectivity index (χ3v) is 4.16. The number of hydrogen-bond donors (Lipinski definition) is 0. The first-order chi connectivity index (χ1) is 11.2. The highest BCUT2D eigenvalue weighted by molar-refractivity contribution is 5.85. The Bertz CT molecular complexity index is 692. The van der Waals surface area contributed by atoms with Crippen LogP contribution < -0.4 is 4.74 Å².